The molecular formula is C21H23F3IN3O3. The number of aliphatic hydroxyl groups is 2. The fourth-order valence-electron chi connectivity index (χ4n) is 3.14. The van der Waals surface area contributed by atoms with Crippen molar-refractivity contribution in [1.82, 2.24) is 10.2 Å². The highest BCUT2D eigenvalue weighted by atomic mass is 127. The van der Waals surface area contributed by atoms with E-state index in [0.717, 1.165) is 12.1 Å². The molecule has 0 saturated carbocycles. The van der Waals surface area contributed by atoms with Gasteiger partial charge in [0.1, 0.15) is 5.60 Å². The number of amides is 1. The number of rotatable bonds is 7. The van der Waals surface area contributed by atoms with Gasteiger partial charge in [-0.15, -0.1) is 0 Å². The summed E-state index contributed by atoms with van der Waals surface area (Å²) in [5.74, 6) is -3.76. The van der Waals surface area contributed by atoms with E-state index < -0.39 is 40.2 Å². The summed E-state index contributed by atoms with van der Waals surface area (Å²) in [5, 5.41) is 25.4. The number of hydrogen-bond acceptors (Lipinski definition) is 5. The third-order valence-electron chi connectivity index (χ3n) is 5.09. The molecule has 168 valence electrons. The van der Waals surface area contributed by atoms with Crippen molar-refractivity contribution < 1.29 is 28.2 Å². The van der Waals surface area contributed by atoms with Gasteiger partial charge in [-0.2, -0.15) is 0 Å². The van der Waals surface area contributed by atoms with Gasteiger partial charge in [0.25, 0.3) is 5.91 Å². The van der Waals surface area contributed by atoms with Gasteiger partial charge in [-0.3, -0.25) is 4.79 Å². The zero-order valence-electron chi connectivity index (χ0n) is 17.0. The molecule has 1 fully saturated rings. The van der Waals surface area contributed by atoms with Crippen LogP contribution in [0, 0.1) is 21.0 Å². The van der Waals surface area contributed by atoms with E-state index in [-0.39, 0.29) is 41.1 Å². The van der Waals surface area contributed by atoms with Gasteiger partial charge in [0, 0.05) is 12.1 Å². The van der Waals surface area contributed by atoms with Gasteiger partial charge in [-0.25, -0.2) is 13.2 Å². The summed E-state index contributed by atoms with van der Waals surface area (Å²) < 4.78 is 43.1. The van der Waals surface area contributed by atoms with E-state index in [4.69, 9.17) is 0 Å². The van der Waals surface area contributed by atoms with Gasteiger partial charge in [0.2, 0.25) is 0 Å². The molecule has 1 aliphatic rings. The fourth-order valence-corrected chi connectivity index (χ4v) is 3.63. The summed E-state index contributed by atoms with van der Waals surface area (Å²) in [6.07, 6.45) is 0. The van der Waals surface area contributed by atoms with Crippen LogP contribution in [0.3, 0.4) is 0 Å². The molecule has 1 aliphatic heterocycles. The monoisotopic (exact) mass is 549 g/mol. The van der Waals surface area contributed by atoms with Gasteiger partial charge in [0.05, 0.1) is 40.2 Å². The van der Waals surface area contributed by atoms with Crippen LogP contribution in [0.25, 0.3) is 0 Å². The van der Waals surface area contributed by atoms with Crippen molar-refractivity contribution in [2.24, 2.45) is 0 Å². The number of halogens is 4. The van der Waals surface area contributed by atoms with E-state index in [1.807, 2.05) is 0 Å². The summed E-state index contributed by atoms with van der Waals surface area (Å²) >= 11 is 1.77. The minimum absolute atomic E-state index is 0.0314. The molecule has 1 amide bonds. The lowest BCUT2D eigenvalue weighted by Gasteiger charge is -2.47. The Balaban J connectivity index is 1.80. The number of likely N-dealkylation sites (tertiary alicyclic amines) is 1. The summed E-state index contributed by atoms with van der Waals surface area (Å²) in [4.78, 5) is 14.2. The molecule has 0 bridgehead atoms. The van der Waals surface area contributed by atoms with Crippen LogP contribution in [0.4, 0.5) is 24.5 Å². The Morgan fingerprint density at radius 3 is 2.52 bits per heavy atom. The predicted molar refractivity (Wildman–Crippen MR) is 119 cm³/mol. The predicted octanol–water partition coefficient (Wildman–Crippen LogP) is 3.00. The van der Waals surface area contributed by atoms with Crippen molar-refractivity contribution in [3.8, 4) is 0 Å². The molecule has 6 nitrogen and oxygen atoms in total. The maximum absolute atomic E-state index is 14.6. The van der Waals surface area contributed by atoms with Crippen molar-refractivity contribution in [3.05, 3.63) is 56.9 Å². The zero-order valence-corrected chi connectivity index (χ0v) is 19.1. The Morgan fingerprint density at radius 1 is 1.19 bits per heavy atom. The Morgan fingerprint density at radius 2 is 1.87 bits per heavy atom. The first kappa shape index (κ1) is 23.8. The van der Waals surface area contributed by atoms with Gasteiger partial charge >= 0.3 is 0 Å². The second-order valence-corrected chi connectivity index (χ2v) is 9.45. The summed E-state index contributed by atoms with van der Waals surface area (Å²) in [6, 6.07) is 6.37. The molecule has 0 unspecified atom stereocenters. The highest BCUT2D eigenvalue weighted by molar-refractivity contribution is 14.1. The zero-order chi connectivity index (χ0) is 23.0. The first-order valence-corrected chi connectivity index (χ1v) is 10.6. The largest absolute Gasteiger partial charge is 0.394 e. The van der Waals surface area contributed by atoms with Gasteiger partial charge in [-0.1, -0.05) is 6.07 Å². The van der Waals surface area contributed by atoms with Crippen molar-refractivity contribution in [2.75, 3.05) is 31.6 Å². The van der Waals surface area contributed by atoms with Crippen molar-refractivity contribution >= 4 is 39.9 Å². The third kappa shape index (κ3) is 5.13. The molecule has 4 N–H and O–H groups in total. The Hall–Kier alpha value is -1.89. The molecule has 0 radical (unpaired) electrons. The molecule has 10 heteroatoms. The van der Waals surface area contributed by atoms with E-state index in [1.54, 1.807) is 42.5 Å². The highest BCUT2D eigenvalue weighted by Gasteiger charge is 2.45. The van der Waals surface area contributed by atoms with E-state index in [1.165, 1.54) is 17.0 Å². The quantitative estimate of drug-likeness (QED) is 0.400. The minimum Gasteiger partial charge on any atom is -0.394 e. The van der Waals surface area contributed by atoms with Gasteiger partial charge < -0.3 is 25.7 Å². The van der Waals surface area contributed by atoms with Crippen molar-refractivity contribution in [3.63, 3.8) is 0 Å². The van der Waals surface area contributed by atoms with Crippen LogP contribution >= 0.6 is 22.6 Å². The number of benzene rings is 2. The number of nitrogens with one attached hydrogen (secondary N) is 2. The van der Waals surface area contributed by atoms with E-state index >= 15 is 0 Å². The molecule has 0 aliphatic carbocycles. The normalized spacial score (nSPS) is 15.5. The lowest BCUT2D eigenvalue weighted by atomic mass is 9.91. The first-order valence-electron chi connectivity index (χ1n) is 9.53. The molecule has 2 aromatic carbocycles. The Labute approximate surface area is 191 Å². The summed E-state index contributed by atoms with van der Waals surface area (Å²) in [7, 11) is 0. The second kappa shape index (κ2) is 8.93. The minimum atomic E-state index is -1.30. The lowest BCUT2D eigenvalue weighted by Crippen LogP contribution is -2.68. The van der Waals surface area contributed by atoms with Gasteiger partial charge in [0.15, 0.2) is 17.5 Å². The Kier molecular flexibility index (Phi) is 6.84. The third-order valence-corrected chi connectivity index (χ3v) is 5.92. The second-order valence-electron chi connectivity index (χ2n) is 8.29. The number of aliphatic hydroxyl groups excluding tert-OH is 1. The van der Waals surface area contributed by atoms with Crippen LogP contribution in [-0.2, 0) is 0 Å². The van der Waals surface area contributed by atoms with Crippen LogP contribution in [0.5, 0.6) is 0 Å². The van der Waals surface area contributed by atoms with Crippen molar-refractivity contribution in [2.45, 2.75) is 25.0 Å². The maximum atomic E-state index is 14.6. The maximum Gasteiger partial charge on any atom is 0.256 e. The topological polar surface area (TPSA) is 84.8 Å². The number of carbonyl (C=O) groups is 1. The Bertz CT molecular complexity index is 997. The van der Waals surface area contributed by atoms with Crippen molar-refractivity contribution in [1.29, 1.82) is 0 Å². The smallest absolute Gasteiger partial charge is 0.256 e. The number of carbonyl (C=O) groups excluding carboxylic acids is 1. The first-order chi connectivity index (χ1) is 14.5. The average Bonchev–Trinajstić information content (AvgIpc) is 2.71. The molecule has 0 atom stereocenters. The fraction of sp³-hybridized carbons (Fsp3) is 0.381. The van der Waals surface area contributed by atoms with Crippen LogP contribution in [0.2, 0.25) is 0 Å². The summed E-state index contributed by atoms with van der Waals surface area (Å²) in [5.41, 5.74) is -2.56. The average molecular weight is 549 g/mol. The standard InChI is InChI=1S/C21H23F3IN3O3/c1-20(2,11-29)26-8-21(31)9-28(10-21)19(30)12-6-7-13(22)16(23)18(12)27-15-5-3-4-14(25)17(15)24/h3-7,26-27,29,31H,8-11H2,1-2H3. The highest BCUT2D eigenvalue weighted by Crippen LogP contribution is 2.32. The molecule has 2 aromatic rings. The molecule has 3 rings (SSSR count). The van der Waals surface area contributed by atoms with Crippen LogP contribution < -0.4 is 10.6 Å². The van der Waals surface area contributed by atoms with Crippen LogP contribution in [0.15, 0.2) is 30.3 Å². The lowest BCUT2D eigenvalue weighted by molar-refractivity contribution is -0.0825. The summed E-state index contributed by atoms with van der Waals surface area (Å²) in [6.45, 7) is 3.47. The van der Waals surface area contributed by atoms with Crippen LogP contribution in [0.1, 0.15) is 24.2 Å². The van der Waals surface area contributed by atoms with E-state index in [9.17, 15) is 28.2 Å². The van der Waals surface area contributed by atoms with Gasteiger partial charge in [-0.05, 0) is 60.7 Å². The molecule has 31 heavy (non-hydrogen) atoms. The number of hydrogen-bond donors (Lipinski definition) is 4. The molecular weight excluding hydrogens is 526 g/mol. The molecule has 0 spiro atoms. The van der Waals surface area contributed by atoms with E-state index in [2.05, 4.69) is 10.6 Å². The SMILES string of the molecule is CC(C)(CO)NCC1(O)CN(C(=O)c2ccc(F)c(F)c2Nc2cccc(I)c2F)C1. The molecule has 1 saturated heterocycles. The molecule has 1 heterocycles. The number of β-amino-alcohol motifs (C(OH)–C–C–N with tert-alkyl or cyclic N) is 1. The number of anilines is 2. The van der Waals surface area contributed by atoms with Crippen LogP contribution in [-0.4, -0.2) is 58.4 Å². The number of nitrogens with zero attached hydrogens (tertiary/aromatic N) is 1. The molecule has 0 aromatic heterocycles. The van der Waals surface area contributed by atoms with E-state index in [0.29, 0.717) is 0 Å².